The van der Waals surface area contributed by atoms with Crippen LogP contribution in [0.1, 0.15) is 18.5 Å². The normalized spacial score (nSPS) is 23.1. The molecule has 0 spiro atoms. The van der Waals surface area contributed by atoms with Gasteiger partial charge in [0.1, 0.15) is 0 Å². The van der Waals surface area contributed by atoms with E-state index >= 15 is 0 Å². The van der Waals surface area contributed by atoms with Crippen molar-refractivity contribution in [1.82, 2.24) is 9.97 Å². The average Bonchev–Trinajstić information content (AvgIpc) is 3.20. The zero-order chi connectivity index (χ0) is 13.3. The predicted octanol–water partition coefficient (Wildman–Crippen LogP) is 0.224. The molecule has 6 nitrogen and oxygen atoms in total. The van der Waals surface area contributed by atoms with Crippen LogP contribution in [0.5, 0.6) is 0 Å². The average molecular weight is 282 g/mol. The SMILES string of the molecule is O=S([O-])CC1(c2ccnc(N3CCOCC3)n2)CC1. The molecule has 0 amide bonds. The van der Waals surface area contributed by atoms with Crippen LogP contribution in [0, 0.1) is 0 Å². The highest BCUT2D eigenvalue weighted by Gasteiger charge is 2.46. The molecule has 104 valence electrons. The van der Waals surface area contributed by atoms with Gasteiger partial charge in [0.2, 0.25) is 5.95 Å². The summed E-state index contributed by atoms with van der Waals surface area (Å²) in [6, 6.07) is 1.84. The van der Waals surface area contributed by atoms with Gasteiger partial charge in [-0.05, 0) is 18.9 Å². The first kappa shape index (κ1) is 13.0. The van der Waals surface area contributed by atoms with E-state index in [9.17, 15) is 8.76 Å². The van der Waals surface area contributed by atoms with E-state index < -0.39 is 11.1 Å². The molecule has 1 aliphatic carbocycles. The highest BCUT2D eigenvalue weighted by Crippen LogP contribution is 2.47. The van der Waals surface area contributed by atoms with E-state index in [2.05, 4.69) is 14.9 Å². The first-order valence-electron chi connectivity index (χ1n) is 6.42. The van der Waals surface area contributed by atoms with Crippen molar-refractivity contribution in [1.29, 1.82) is 0 Å². The first-order valence-corrected chi connectivity index (χ1v) is 7.66. The third kappa shape index (κ3) is 2.77. The van der Waals surface area contributed by atoms with Gasteiger partial charge >= 0.3 is 0 Å². The van der Waals surface area contributed by atoms with Crippen LogP contribution in [0.4, 0.5) is 5.95 Å². The molecule has 19 heavy (non-hydrogen) atoms. The number of anilines is 1. The topological polar surface area (TPSA) is 78.4 Å². The van der Waals surface area contributed by atoms with Crippen LogP contribution in [0.3, 0.4) is 0 Å². The second-order valence-electron chi connectivity index (χ2n) is 5.07. The van der Waals surface area contributed by atoms with E-state index in [-0.39, 0.29) is 11.2 Å². The zero-order valence-corrected chi connectivity index (χ0v) is 11.4. The summed E-state index contributed by atoms with van der Waals surface area (Å²) in [6.45, 7) is 2.93. The van der Waals surface area contributed by atoms with E-state index in [0.29, 0.717) is 19.2 Å². The summed E-state index contributed by atoms with van der Waals surface area (Å²) in [6.07, 6.45) is 3.50. The van der Waals surface area contributed by atoms with E-state index in [1.807, 2.05) is 6.07 Å². The maximum Gasteiger partial charge on any atom is 0.225 e. The second-order valence-corrected chi connectivity index (χ2v) is 5.97. The molecule has 2 aliphatic rings. The molecule has 1 unspecified atom stereocenters. The van der Waals surface area contributed by atoms with Gasteiger partial charge in [-0.15, -0.1) is 0 Å². The lowest BCUT2D eigenvalue weighted by Crippen LogP contribution is -2.37. The van der Waals surface area contributed by atoms with Gasteiger partial charge in [0.25, 0.3) is 0 Å². The van der Waals surface area contributed by atoms with Gasteiger partial charge < -0.3 is 14.2 Å². The van der Waals surface area contributed by atoms with Crippen LogP contribution < -0.4 is 4.90 Å². The molecule has 7 heteroatoms. The maximum atomic E-state index is 10.9. The number of hydrogen-bond acceptors (Lipinski definition) is 6. The largest absolute Gasteiger partial charge is 0.772 e. The molecule has 1 atom stereocenters. The minimum Gasteiger partial charge on any atom is -0.772 e. The smallest absolute Gasteiger partial charge is 0.225 e. The van der Waals surface area contributed by atoms with E-state index in [1.165, 1.54) is 0 Å². The number of rotatable bonds is 4. The Morgan fingerprint density at radius 3 is 2.79 bits per heavy atom. The molecule has 0 radical (unpaired) electrons. The molecule has 1 aromatic rings. The first-order chi connectivity index (χ1) is 9.20. The minimum absolute atomic E-state index is 0.159. The Morgan fingerprint density at radius 2 is 2.16 bits per heavy atom. The predicted molar refractivity (Wildman–Crippen MR) is 69.8 cm³/mol. The maximum absolute atomic E-state index is 10.9. The third-order valence-corrected chi connectivity index (χ3v) is 4.52. The van der Waals surface area contributed by atoms with Crippen molar-refractivity contribution in [2.24, 2.45) is 0 Å². The summed E-state index contributed by atoms with van der Waals surface area (Å²) in [5.41, 5.74) is 0.588. The van der Waals surface area contributed by atoms with E-state index in [1.54, 1.807) is 6.20 Å². The van der Waals surface area contributed by atoms with Gasteiger partial charge in [-0.25, -0.2) is 9.97 Å². The number of aromatic nitrogens is 2. The highest BCUT2D eigenvalue weighted by atomic mass is 32.2. The van der Waals surface area contributed by atoms with Crippen molar-refractivity contribution in [2.75, 3.05) is 37.0 Å². The van der Waals surface area contributed by atoms with Gasteiger partial charge in [0.15, 0.2) is 0 Å². The Labute approximate surface area is 114 Å². The lowest BCUT2D eigenvalue weighted by molar-refractivity contribution is 0.122. The van der Waals surface area contributed by atoms with Crippen molar-refractivity contribution in [3.63, 3.8) is 0 Å². The van der Waals surface area contributed by atoms with E-state index in [0.717, 1.165) is 31.6 Å². The van der Waals surface area contributed by atoms with Crippen LogP contribution in [0.2, 0.25) is 0 Å². The van der Waals surface area contributed by atoms with E-state index in [4.69, 9.17) is 4.74 Å². The standard InChI is InChI=1S/C12H17N3O3S/c16-19(17)9-12(2-3-12)10-1-4-13-11(14-10)15-5-7-18-8-6-15/h1,4H,2-3,5-9H2,(H,16,17)/p-1. The molecule has 3 rings (SSSR count). The van der Waals surface area contributed by atoms with Crippen LogP contribution >= 0.6 is 0 Å². The zero-order valence-electron chi connectivity index (χ0n) is 10.6. The molecule has 0 N–H and O–H groups in total. The number of ether oxygens (including phenoxy) is 1. The summed E-state index contributed by atoms with van der Waals surface area (Å²) in [5, 5.41) is 0. The summed E-state index contributed by atoms with van der Waals surface area (Å²) < 4.78 is 27.2. The Balaban J connectivity index is 1.81. The molecule has 1 saturated heterocycles. The Bertz CT molecular complexity index is 487. The lowest BCUT2D eigenvalue weighted by atomic mass is 10.1. The van der Waals surface area contributed by atoms with Crippen molar-refractivity contribution >= 4 is 17.0 Å². The highest BCUT2D eigenvalue weighted by molar-refractivity contribution is 7.79. The third-order valence-electron chi connectivity index (χ3n) is 3.73. The Hall–Kier alpha value is -1.05. The Kier molecular flexibility index (Phi) is 3.51. The van der Waals surface area contributed by atoms with Crippen LogP contribution in [0.15, 0.2) is 12.3 Å². The molecule has 0 bridgehead atoms. The molecule has 2 heterocycles. The van der Waals surface area contributed by atoms with Crippen LogP contribution in [0.25, 0.3) is 0 Å². The van der Waals surface area contributed by atoms with Crippen LogP contribution in [-0.4, -0.2) is 50.8 Å². The summed E-state index contributed by atoms with van der Waals surface area (Å²) in [4.78, 5) is 10.9. The fourth-order valence-electron chi connectivity index (χ4n) is 2.41. The second kappa shape index (κ2) is 5.15. The number of nitrogens with zero attached hydrogens (tertiary/aromatic N) is 3. The molecule has 2 fully saturated rings. The van der Waals surface area contributed by atoms with Gasteiger partial charge in [-0.3, -0.25) is 4.21 Å². The summed E-state index contributed by atoms with van der Waals surface area (Å²) in [7, 11) is 0. The van der Waals surface area contributed by atoms with Crippen molar-refractivity contribution in [3.8, 4) is 0 Å². The number of morpholine rings is 1. The molecule has 1 aliphatic heterocycles. The number of hydrogen-bond donors (Lipinski definition) is 0. The fourth-order valence-corrected chi connectivity index (χ4v) is 3.30. The molecular weight excluding hydrogens is 266 g/mol. The Morgan fingerprint density at radius 1 is 1.42 bits per heavy atom. The van der Waals surface area contributed by atoms with Gasteiger partial charge in [-0.1, -0.05) is 11.1 Å². The molecule has 1 aromatic heterocycles. The summed E-state index contributed by atoms with van der Waals surface area (Å²) in [5.74, 6) is 0.843. The van der Waals surface area contributed by atoms with Crippen molar-refractivity contribution < 1.29 is 13.5 Å². The fraction of sp³-hybridized carbons (Fsp3) is 0.667. The van der Waals surface area contributed by atoms with Gasteiger partial charge in [0, 0.05) is 30.5 Å². The van der Waals surface area contributed by atoms with Crippen molar-refractivity contribution in [2.45, 2.75) is 18.3 Å². The van der Waals surface area contributed by atoms with Gasteiger partial charge in [0.05, 0.1) is 18.9 Å². The molecular formula is C12H16N3O3S-. The van der Waals surface area contributed by atoms with Gasteiger partial charge in [-0.2, -0.15) is 0 Å². The summed E-state index contributed by atoms with van der Waals surface area (Å²) >= 11 is -2.03. The van der Waals surface area contributed by atoms with Crippen LogP contribution in [-0.2, 0) is 21.2 Å². The monoisotopic (exact) mass is 282 g/mol. The molecule has 0 aromatic carbocycles. The lowest BCUT2D eigenvalue weighted by Gasteiger charge is -2.27. The quantitative estimate of drug-likeness (QED) is 0.735. The minimum atomic E-state index is -2.03. The molecule has 1 saturated carbocycles. The van der Waals surface area contributed by atoms with Crippen molar-refractivity contribution in [3.05, 3.63) is 18.0 Å².